The fourth-order valence-electron chi connectivity index (χ4n) is 3.65. The van der Waals surface area contributed by atoms with Crippen LogP contribution >= 0.6 is 0 Å². The van der Waals surface area contributed by atoms with Gasteiger partial charge in [-0.25, -0.2) is 5.43 Å². The number of carbonyl (C=O) groups is 2. The first-order chi connectivity index (χ1) is 16.8. The Kier molecular flexibility index (Phi) is 8.96. The quantitative estimate of drug-likeness (QED) is 0.202. The summed E-state index contributed by atoms with van der Waals surface area (Å²) in [7, 11) is 0. The lowest BCUT2D eigenvalue weighted by Crippen LogP contribution is -2.20. The van der Waals surface area contributed by atoms with Gasteiger partial charge >= 0.3 is 0 Å². The van der Waals surface area contributed by atoms with Crippen LogP contribution in [0.25, 0.3) is 0 Å². The Hall–Kier alpha value is -3.73. The number of carbonyl (C=O) groups excluding carboxylic acids is 2. The van der Waals surface area contributed by atoms with Crippen molar-refractivity contribution in [1.82, 2.24) is 5.43 Å². The molecule has 0 saturated heterocycles. The van der Waals surface area contributed by atoms with Crippen LogP contribution in [0.1, 0.15) is 85.2 Å². The number of hydrogen-bond donors (Lipinski definition) is 2. The summed E-state index contributed by atoms with van der Waals surface area (Å²) in [5, 5.41) is 7.31. The molecule has 0 aromatic heterocycles. The third-order valence-corrected chi connectivity index (χ3v) is 5.83. The Morgan fingerprint density at radius 2 is 1.34 bits per heavy atom. The van der Waals surface area contributed by atoms with Crippen molar-refractivity contribution in [3.63, 3.8) is 0 Å². The summed E-state index contributed by atoms with van der Waals surface area (Å²) in [4.78, 5) is 25.3. The lowest BCUT2D eigenvalue weighted by atomic mass is 9.87. The van der Waals surface area contributed by atoms with Gasteiger partial charge in [-0.1, -0.05) is 83.0 Å². The van der Waals surface area contributed by atoms with E-state index >= 15 is 0 Å². The van der Waals surface area contributed by atoms with Crippen LogP contribution < -0.4 is 10.7 Å². The van der Waals surface area contributed by atoms with E-state index in [2.05, 4.69) is 43.5 Å². The van der Waals surface area contributed by atoms with Crippen molar-refractivity contribution in [2.45, 2.75) is 58.8 Å². The molecule has 0 radical (unpaired) electrons. The molecule has 0 aliphatic rings. The minimum absolute atomic E-state index is 0.0345. The second kappa shape index (κ2) is 12.1. The van der Waals surface area contributed by atoms with Gasteiger partial charge in [-0.3, -0.25) is 9.59 Å². The SMILES string of the molecule is CCCCC/C(=N\NC(=O)c1ccc(NC(=O)c2ccc(C(C)(C)C)cc2)cc1)c1ccccc1. The van der Waals surface area contributed by atoms with Crippen LogP contribution in [-0.2, 0) is 5.41 Å². The molecule has 0 unspecified atom stereocenters. The highest BCUT2D eigenvalue weighted by atomic mass is 16.2. The molecule has 5 heteroatoms. The van der Waals surface area contributed by atoms with Gasteiger partial charge in [-0.2, -0.15) is 5.10 Å². The molecule has 0 aliphatic heterocycles. The van der Waals surface area contributed by atoms with Gasteiger partial charge in [0.05, 0.1) is 5.71 Å². The number of nitrogens with one attached hydrogen (secondary N) is 2. The predicted octanol–water partition coefficient (Wildman–Crippen LogP) is 6.95. The molecule has 0 fully saturated rings. The summed E-state index contributed by atoms with van der Waals surface area (Å²) in [5.74, 6) is -0.476. The topological polar surface area (TPSA) is 70.6 Å². The molecule has 0 spiro atoms. The Bertz CT molecular complexity index is 1140. The molecule has 0 aliphatic carbocycles. The van der Waals surface area contributed by atoms with E-state index in [1.807, 2.05) is 54.6 Å². The summed E-state index contributed by atoms with van der Waals surface area (Å²) in [6.45, 7) is 8.58. The average Bonchev–Trinajstić information content (AvgIpc) is 2.86. The molecule has 0 atom stereocenters. The number of anilines is 1. The Labute approximate surface area is 208 Å². The van der Waals surface area contributed by atoms with Gasteiger partial charge in [0.2, 0.25) is 0 Å². The lowest BCUT2D eigenvalue weighted by molar-refractivity contribution is 0.0954. The van der Waals surface area contributed by atoms with Gasteiger partial charge in [-0.15, -0.1) is 0 Å². The zero-order valence-electron chi connectivity index (χ0n) is 21.1. The van der Waals surface area contributed by atoms with Crippen LogP contribution in [0, 0.1) is 0 Å². The van der Waals surface area contributed by atoms with Crippen LogP contribution in [0.5, 0.6) is 0 Å². The van der Waals surface area contributed by atoms with E-state index in [4.69, 9.17) is 0 Å². The smallest absolute Gasteiger partial charge is 0.271 e. The Balaban J connectivity index is 1.63. The van der Waals surface area contributed by atoms with Gasteiger partial charge in [0.1, 0.15) is 0 Å². The summed E-state index contributed by atoms with van der Waals surface area (Å²) in [6, 6.07) is 24.4. The van der Waals surface area contributed by atoms with Crippen LogP contribution in [0.15, 0.2) is 84.0 Å². The molecule has 2 amide bonds. The zero-order chi connectivity index (χ0) is 25.3. The molecule has 0 heterocycles. The minimum atomic E-state index is -0.287. The van der Waals surface area contributed by atoms with Crippen LogP contribution in [0.3, 0.4) is 0 Å². The maximum absolute atomic E-state index is 12.7. The van der Waals surface area contributed by atoms with Gasteiger partial charge in [0, 0.05) is 16.8 Å². The number of nitrogens with zero attached hydrogens (tertiary/aromatic N) is 1. The largest absolute Gasteiger partial charge is 0.322 e. The van der Waals surface area contributed by atoms with Gasteiger partial charge < -0.3 is 5.32 Å². The first-order valence-corrected chi connectivity index (χ1v) is 12.2. The van der Waals surface area contributed by atoms with Crippen molar-refractivity contribution in [1.29, 1.82) is 0 Å². The third kappa shape index (κ3) is 7.64. The van der Waals surface area contributed by atoms with Crippen molar-refractivity contribution < 1.29 is 9.59 Å². The normalized spacial score (nSPS) is 11.7. The molecule has 0 bridgehead atoms. The van der Waals surface area contributed by atoms with Crippen molar-refractivity contribution in [3.05, 3.63) is 101 Å². The first-order valence-electron chi connectivity index (χ1n) is 12.2. The number of unbranched alkanes of at least 4 members (excludes halogenated alkanes) is 2. The van der Waals surface area contributed by atoms with E-state index in [0.29, 0.717) is 16.8 Å². The summed E-state index contributed by atoms with van der Waals surface area (Å²) < 4.78 is 0. The molecule has 35 heavy (non-hydrogen) atoms. The van der Waals surface area contributed by atoms with Crippen LogP contribution in [-0.4, -0.2) is 17.5 Å². The number of amides is 2. The standard InChI is InChI=1S/C30H35N3O2/c1-5-6-8-13-27(22-11-9-7-10-12-22)32-33-29(35)24-16-20-26(21-17-24)31-28(34)23-14-18-25(19-15-23)30(2,3)4/h7,9-12,14-21H,5-6,8,13H2,1-4H3,(H,31,34)(H,33,35)/b32-27+. The van der Waals surface area contributed by atoms with Gasteiger partial charge in [0.25, 0.3) is 11.8 Å². The number of hydrogen-bond acceptors (Lipinski definition) is 3. The second-order valence-corrected chi connectivity index (χ2v) is 9.68. The minimum Gasteiger partial charge on any atom is -0.322 e. The fraction of sp³-hybridized carbons (Fsp3) is 0.300. The van der Waals surface area contributed by atoms with Crippen LogP contribution in [0.2, 0.25) is 0 Å². The third-order valence-electron chi connectivity index (χ3n) is 5.83. The molecule has 0 saturated carbocycles. The average molecular weight is 470 g/mol. The van der Waals surface area contributed by atoms with Crippen molar-refractivity contribution >= 4 is 23.2 Å². The summed E-state index contributed by atoms with van der Waals surface area (Å²) in [6.07, 6.45) is 4.07. The highest BCUT2D eigenvalue weighted by molar-refractivity contribution is 6.05. The zero-order valence-corrected chi connectivity index (χ0v) is 21.1. The van der Waals surface area contributed by atoms with E-state index in [-0.39, 0.29) is 17.2 Å². The highest BCUT2D eigenvalue weighted by Gasteiger charge is 2.14. The lowest BCUT2D eigenvalue weighted by Gasteiger charge is -2.19. The van der Waals surface area contributed by atoms with Crippen molar-refractivity contribution in [2.75, 3.05) is 5.32 Å². The molecule has 182 valence electrons. The van der Waals surface area contributed by atoms with E-state index in [1.54, 1.807) is 24.3 Å². The van der Waals surface area contributed by atoms with Crippen LogP contribution in [0.4, 0.5) is 5.69 Å². The molecular formula is C30H35N3O2. The first kappa shape index (κ1) is 25.9. The number of rotatable bonds is 9. The predicted molar refractivity (Wildman–Crippen MR) is 144 cm³/mol. The monoisotopic (exact) mass is 469 g/mol. The molecular weight excluding hydrogens is 434 g/mol. The van der Waals surface area contributed by atoms with Gasteiger partial charge in [0.15, 0.2) is 0 Å². The molecule has 3 rings (SSSR count). The fourth-order valence-corrected chi connectivity index (χ4v) is 3.65. The van der Waals surface area contributed by atoms with E-state index in [9.17, 15) is 9.59 Å². The van der Waals surface area contributed by atoms with Gasteiger partial charge in [-0.05, 0) is 65.8 Å². The Morgan fingerprint density at radius 1 is 0.743 bits per heavy atom. The summed E-state index contributed by atoms with van der Waals surface area (Å²) >= 11 is 0. The summed E-state index contributed by atoms with van der Waals surface area (Å²) in [5.41, 5.74) is 7.47. The number of hydrazone groups is 1. The van der Waals surface area contributed by atoms with Crippen molar-refractivity contribution in [3.8, 4) is 0 Å². The molecule has 3 aromatic rings. The molecule has 2 N–H and O–H groups in total. The van der Waals surface area contributed by atoms with E-state index < -0.39 is 0 Å². The maximum atomic E-state index is 12.7. The molecule has 3 aromatic carbocycles. The van der Waals surface area contributed by atoms with E-state index in [1.165, 1.54) is 5.56 Å². The highest BCUT2D eigenvalue weighted by Crippen LogP contribution is 2.22. The molecule has 5 nitrogen and oxygen atoms in total. The maximum Gasteiger partial charge on any atom is 0.271 e. The second-order valence-electron chi connectivity index (χ2n) is 9.68. The van der Waals surface area contributed by atoms with E-state index in [0.717, 1.165) is 37.0 Å². The number of benzene rings is 3. The Morgan fingerprint density at radius 3 is 1.94 bits per heavy atom. The van der Waals surface area contributed by atoms with Crippen molar-refractivity contribution in [2.24, 2.45) is 5.10 Å².